The van der Waals surface area contributed by atoms with Crippen LogP contribution in [-0.4, -0.2) is 35.7 Å². The lowest BCUT2D eigenvalue weighted by atomic mass is 10.1. The Morgan fingerprint density at radius 1 is 1.38 bits per heavy atom. The van der Waals surface area contributed by atoms with E-state index in [0.29, 0.717) is 11.5 Å². The number of rotatable bonds is 5. The van der Waals surface area contributed by atoms with Gasteiger partial charge in [0, 0.05) is 26.8 Å². The highest BCUT2D eigenvalue weighted by Gasteiger charge is 2.11. The first-order valence-corrected chi connectivity index (χ1v) is 6.72. The number of aliphatic hydroxyl groups is 1. The van der Waals surface area contributed by atoms with E-state index in [0.717, 1.165) is 5.82 Å². The van der Waals surface area contributed by atoms with Gasteiger partial charge in [0.1, 0.15) is 11.6 Å². The van der Waals surface area contributed by atoms with Gasteiger partial charge in [-0.2, -0.15) is 4.98 Å². The Morgan fingerprint density at radius 2 is 2.14 bits per heavy atom. The maximum absolute atomic E-state index is 13.4. The Kier molecular flexibility index (Phi) is 4.93. The smallest absolute Gasteiger partial charge is 0.224 e. The Bertz CT molecular complexity index is 624. The van der Waals surface area contributed by atoms with Gasteiger partial charge in [-0.1, -0.05) is 17.7 Å². The maximum atomic E-state index is 13.4. The molecule has 0 saturated heterocycles. The lowest BCUT2D eigenvalue weighted by molar-refractivity contribution is 0.191. The highest BCUT2D eigenvalue weighted by atomic mass is 35.5. The zero-order valence-electron chi connectivity index (χ0n) is 11.7. The lowest BCUT2D eigenvalue weighted by Gasteiger charge is -2.15. The van der Waals surface area contributed by atoms with Crippen LogP contribution in [-0.2, 0) is 0 Å². The predicted molar refractivity (Wildman–Crippen MR) is 81.2 cm³/mol. The second-order valence-electron chi connectivity index (χ2n) is 4.70. The molecule has 7 heteroatoms. The number of anilines is 2. The minimum Gasteiger partial charge on any atom is -0.387 e. The average molecular weight is 311 g/mol. The van der Waals surface area contributed by atoms with E-state index in [1.165, 1.54) is 12.1 Å². The van der Waals surface area contributed by atoms with Crippen molar-refractivity contribution in [2.45, 2.75) is 6.10 Å². The fourth-order valence-electron chi connectivity index (χ4n) is 1.71. The Hall–Kier alpha value is -1.92. The molecule has 0 spiro atoms. The highest BCUT2D eigenvalue weighted by Crippen LogP contribution is 2.20. The van der Waals surface area contributed by atoms with Gasteiger partial charge in [-0.15, -0.1) is 0 Å². The number of hydrogen-bond acceptors (Lipinski definition) is 5. The van der Waals surface area contributed by atoms with Crippen molar-refractivity contribution in [3.8, 4) is 0 Å². The van der Waals surface area contributed by atoms with Crippen molar-refractivity contribution in [3.63, 3.8) is 0 Å². The predicted octanol–water partition coefficient (Wildman–Crippen LogP) is 2.48. The van der Waals surface area contributed by atoms with E-state index in [-0.39, 0.29) is 11.6 Å². The van der Waals surface area contributed by atoms with Gasteiger partial charge in [0.15, 0.2) is 0 Å². The highest BCUT2D eigenvalue weighted by molar-refractivity contribution is 6.30. The number of benzene rings is 1. The van der Waals surface area contributed by atoms with Gasteiger partial charge in [0.2, 0.25) is 5.95 Å². The first-order valence-electron chi connectivity index (χ1n) is 6.34. The van der Waals surface area contributed by atoms with Crippen molar-refractivity contribution in [1.82, 2.24) is 9.97 Å². The molecule has 0 saturated carbocycles. The molecule has 2 rings (SSSR count). The lowest BCUT2D eigenvalue weighted by Crippen LogP contribution is -2.16. The van der Waals surface area contributed by atoms with E-state index in [1.54, 1.807) is 18.3 Å². The number of aliphatic hydroxyl groups excluding tert-OH is 1. The van der Waals surface area contributed by atoms with Gasteiger partial charge >= 0.3 is 0 Å². The van der Waals surface area contributed by atoms with Crippen LogP contribution in [0.2, 0.25) is 5.02 Å². The van der Waals surface area contributed by atoms with E-state index in [4.69, 9.17) is 11.6 Å². The van der Waals surface area contributed by atoms with E-state index < -0.39 is 11.9 Å². The summed E-state index contributed by atoms with van der Waals surface area (Å²) in [5.41, 5.74) is 0.438. The van der Waals surface area contributed by atoms with Gasteiger partial charge in [-0.25, -0.2) is 9.37 Å². The summed E-state index contributed by atoms with van der Waals surface area (Å²) in [5, 5.41) is 13.0. The molecule has 5 nitrogen and oxygen atoms in total. The molecule has 1 unspecified atom stereocenters. The molecule has 2 N–H and O–H groups in total. The van der Waals surface area contributed by atoms with Crippen LogP contribution < -0.4 is 10.2 Å². The second-order valence-corrected chi connectivity index (χ2v) is 5.11. The van der Waals surface area contributed by atoms with Crippen molar-refractivity contribution in [2.75, 3.05) is 30.9 Å². The van der Waals surface area contributed by atoms with Crippen LogP contribution in [0.25, 0.3) is 0 Å². The standard InChI is InChI=1S/C14H16ClFN4O/c1-20(2)13-5-6-17-14(19-13)18-8-12(21)9-3-4-10(15)11(16)7-9/h3-7,12,21H,8H2,1-2H3,(H,17,18,19). The molecule has 1 aromatic carbocycles. The molecule has 21 heavy (non-hydrogen) atoms. The molecule has 0 aliphatic heterocycles. The van der Waals surface area contributed by atoms with Crippen LogP contribution in [0.1, 0.15) is 11.7 Å². The van der Waals surface area contributed by atoms with Gasteiger partial charge in [-0.3, -0.25) is 0 Å². The Morgan fingerprint density at radius 3 is 2.81 bits per heavy atom. The van der Waals surface area contributed by atoms with Crippen LogP contribution in [0.3, 0.4) is 0 Å². The molecule has 1 aromatic heterocycles. The Balaban J connectivity index is 2.02. The van der Waals surface area contributed by atoms with Crippen molar-refractivity contribution in [2.24, 2.45) is 0 Å². The molecule has 0 aliphatic rings. The molecule has 1 heterocycles. The van der Waals surface area contributed by atoms with Crippen LogP contribution >= 0.6 is 11.6 Å². The normalized spacial score (nSPS) is 12.0. The summed E-state index contributed by atoms with van der Waals surface area (Å²) in [5.74, 6) is 0.591. The molecule has 0 radical (unpaired) electrons. The molecule has 1 atom stereocenters. The fourth-order valence-corrected chi connectivity index (χ4v) is 1.83. The van der Waals surface area contributed by atoms with E-state index >= 15 is 0 Å². The number of aromatic nitrogens is 2. The maximum Gasteiger partial charge on any atom is 0.224 e. The van der Waals surface area contributed by atoms with E-state index in [1.807, 2.05) is 19.0 Å². The summed E-state index contributed by atoms with van der Waals surface area (Å²) >= 11 is 5.61. The van der Waals surface area contributed by atoms with Gasteiger partial charge in [0.25, 0.3) is 0 Å². The number of halogens is 2. The minimum atomic E-state index is -0.886. The minimum absolute atomic E-state index is 0.0286. The summed E-state index contributed by atoms with van der Waals surface area (Å²) in [6.07, 6.45) is 0.738. The van der Waals surface area contributed by atoms with Gasteiger partial charge < -0.3 is 15.3 Å². The summed E-state index contributed by atoms with van der Waals surface area (Å²) in [6.45, 7) is 0.165. The summed E-state index contributed by atoms with van der Waals surface area (Å²) < 4.78 is 13.4. The molecule has 0 aliphatic carbocycles. The largest absolute Gasteiger partial charge is 0.387 e. The number of nitrogens with zero attached hydrogens (tertiary/aromatic N) is 3. The summed E-state index contributed by atoms with van der Waals surface area (Å²) in [7, 11) is 3.74. The molecule has 0 amide bonds. The van der Waals surface area contributed by atoms with Crippen LogP contribution in [0.15, 0.2) is 30.5 Å². The summed E-state index contributed by atoms with van der Waals surface area (Å²) in [6, 6.07) is 5.98. The second kappa shape index (κ2) is 6.69. The third-order valence-corrected chi connectivity index (χ3v) is 3.19. The molecule has 0 bridgehead atoms. The monoisotopic (exact) mass is 310 g/mol. The van der Waals surface area contributed by atoms with E-state index in [9.17, 15) is 9.50 Å². The number of nitrogens with one attached hydrogen (secondary N) is 1. The van der Waals surface area contributed by atoms with Crippen molar-refractivity contribution < 1.29 is 9.50 Å². The first kappa shape index (κ1) is 15.5. The Labute approximate surface area is 127 Å². The topological polar surface area (TPSA) is 61.3 Å². The molecular weight excluding hydrogens is 295 g/mol. The molecule has 0 fully saturated rings. The van der Waals surface area contributed by atoms with Gasteiger partial charge in [0.05, 0.1) is 11.1 Å². The van der Waals surface area contributed by atoms with Crippen molar-refractivity contribution >= 4 is 23.4 Å². The molecule has 2 aromatic rings. The quantitative estimate of drug-likeness (QED) is 0.888. The molecule has 112 valence electrons. The van der Waals surface area contributed by atoms with Gasteiger partial charge in [-0.05, 0) is 23.8 Å². The van der Waals surface area contributed by atoms with Crippen LogP contribution in [0, 0.1) is 5.82 Å². The average Bonchev–Trinajstić information content (AvgIpc) is 2.48. The zero-order chi connectivity index (χ0) is 15.4. The van der Waals surface area contributed by atoms with E-state index in [2.05, 4.69) is 15.3 Å². The summed E-state index contributed by atoms with van der Waals surface area (Å²) in [4.78, 5) is 10.2. The van der Waals surface area contributed by atoms with Crippen molar-refractivity contribution in [1.29, 1.82) is 0 Å². The molecular formula is C14H16ClFN4O. The fraction of sp³-hybridized carbons (Fsp3) is 0.286. The first-order chi connectivity index (χ1) is 9.97. The van der Waals surface area contributed by atoms with Crippen LogP contribution in [0.5, 0.6) is 0 Å². The van der Waals surface area contributed by atoms with Crippen LogP contribution in [0.4, 0.5) is 16.2 Å². The SMILES string of the molecule is CN(C)c1ccnc(NCC(O)c2ccc(Cl)c(F)c2)n1. The number of hydrogen-bond donors (Lipinski definition) is 2. The zero-order valence-corrected chi connectivity index (χ0v) is 12.5. The third kappa shape index (κ3) is 4.03. The van der Waals surface area contributed by atoms with Crippen molar-refractivity contribution in [3.05, 3.63) is 46.9 Å². The third-order valence-electron chi connectivity index (χ3n) is 2.88.